The fraction of sp³-hybridized carbons (Fsp3) is 0.0667. The molecule has 3 nitrogen and oxygen atoms in total. The van der Waals surface area contributed by atoms with E-state index in [1.165, 1.54) is 0 Å². The summed E-state index contributed by atoms with van der Waals surface area (Å²) in [5.41, 5.74) is 1.87. The van der Waals surface area contributed by atoms with E-state index in [0.717, 1.165) is 5.56 Å². The summed E-state index contributed by atoms with van der Waals surface area (Å²) in [6, 6.07) is 13.1. The lowest BCUT2D eigenvalue weighted by Gasteiger charge is -2.09. The molecule has 0 radical (unpaired) electrons. The highest BCUT2D eigenvalue weighted by atomic mass is 35.5. The fourth-order valence-electron chi connectivity index (χ4n) is 1.76. The zero-order valence-corrected chi connectivity index (χ0v) is 14.6. The Morgan fingerprint density at radius 1 is 1.00 bits per heavy atom. The maximum Gasteiger partial charge on any atom is 0.261 e. The minimum atomic E-state index is -3.67. The van der Waals surface area contributed by atoms with Crippen molar-refractivity contribution in [3.05, 3.63) is 64.1 Å². The van der Waals surface area contributed by atoms with Crippen molar-refractivity contribution in [1.29, 1.82) is 0 Å². The number of halogens is 3. The molecule has 0 amide bonds. The predicted molar refractivity (Wildman–Crippen MR) is 92.9 cm³/mol. The lowest BCUT2D eigenvalue weighted by molar-refractivity contribution is 0.601. The van der Waals surface area contributed by atoms with Crippen molar-refractivity contribution >= 4 is 55.5 Å². The molecule has 7 heteroatoms. The molecule has 2 rings (SSSR count). The van der Waals surface area contributed by atoms with Gasteiger partial charge in [-0.05, 0) is 36.8 Å². The molecule has 0 unspecified atom stereocenters. The molecule has 2 aromatic carbocycles. The molecule has 0 fully saturated rings. The molecule has 0 saturated carbocycles. The van der Waals surface area contributed by atoms with Gasteiger partial charge in [0.25, 0.3) is 10.0 Å². The maximum atomic E-state index is 12.3. The van der Waals surface area contributed by atoms with Gasteiger partial charge in [-0.25, -0.2) is 8.42 Å². The van der Waals surface area contributed by atoms with Crippen molar-refractivity contribution < 1.29 is 8.42 Å². The van der Waals surface area contributed by atoms with Crippen LogP contribution >= 0.6 is 34.8 Å². The summed E-state index contributed by atoms with van der Waals surface area (Å²) in [5.74, 6) is 0. The quantitative estimate of drug-likeness (QED) is 0.803. The van der Waals surface area contributed by atoms with Gasteiger partial charge in [-0.3, -0.25) is 4.72 Å². The van der Waals surface area contributed by atoms with Gasteiger partial charge in [0.2, 0.25) is 0 Å². The van der Waals surface area contributed by atoms with E-state index >= 15 is 0 Å². The standard InChI is InChI=1S/C15H12Cl3NO2S/c1-10-5-7-13(8-6-10)22(20,21)19-12-4-2-3-11(9-12)14(16)15(17)18/h2-9,19H,1H3. The van der Waals surface area contributed by atoms with E-state index in [1.807, 2.05) is 6.92 Å². The third-order valence-electron chi connectivity index (χ3n) is 2.87. The Kier molecular flexibility index (Phi) is 5.40. The van der Waals surface area contributed by atoms with Crippen LogP contribution < -0.4 is 4.72 Å². The minimum absolute atomic E-state index is 0.0831. The molecule has 0 spiro atoms. The maximum absolute atomic E-state index is 12.3. The number of hydrogen-bond donors (Lipinski definition) is 1. The molecule has 0 atom stereocenters. The smallest absolute Gasteiger partial charge is 0.261 e. The van der Waals surface area contributed by atoms with Crippen LogP contribution in [0.15, 0.2) is 57.9 Å². The Bertz CT molecular complexity index is 811. The monoisotopic (exact) mass is 375 g/mol. The first-order chi connectivity index (χ1) is 10.3. The van der Waals surface area contributed by atoms with E-state index in [9.17, 15) is 8.42 Å². The third kappa shape index (κ3) is 4.17. The van der Waals surface area contributed by atoms with Crippen LogP contribution in [0.25, 0.3) is 5.03 Å². The highest BCUT2D eigenvalue weighted by molar-refractivity contribution is 7.92. The number of sulfonamides is 1. The van der Waals surface area contributed by atoms with E-state index < -0.39 is 10.0 Å². The second-order valence-corrected chi connectivity index (χ2v) is 7.58. The summed E-state index contributed by atoms with van der Waals surface area (Å²) in [5, 5.41) is 0.153. The number of nitrogens with one attached hydrogen (secondary N) is 1. The second-order valence-electron chi connectivity index (χ2n) is 4.57. The van der Waals surface area contributed by atoms with Gasteiger partial charge in [0, 0.05) is 5.69 Å². The van der Waals surface area contributed by atoms with Gasteiger partial charge in [-0.15, -0.1) is 0 Å². The second kappa shape index (κ2) is 6.92. The molecule has 22 heavy (non-hydrogen) atoms. The molecule has 0 heterocycles. The van der Waals surface area contributed by atoms with Crippen molar-refractivity contribution in [3.63, 3.8) is 0 Å². The molecule has 2 aromatic rings. The summed E-state index contributed by atoms with van der Waals surface area (Å²) in [6.07, 6.45) is 0. The zero-order valence-electron chi connectivity index (χ0n) is 11.5. The fourth-order valence-corrected chi connectivity index (χ4v) is 3.15. The van der Waals surface area contributed by atoms with Crippen LogP contribution in [-0.4, -0.2) is 8.42 Å². The molecule has 0 aliphatic rings. The normalized spacial score (nSPS) is 11.1. The molecule has 116 valence electrons. The van der Waals surface area contributed by atoms with Crippen LogP contribution in [0.4, 0.5) is 5.69 Å². The van der Waals surface area contributed by atoms with Gasteiger partial charge in [0.15, 0.2) is 0 Å². The van der Waals surface area contributed by atoms with Gasteiger partial charge in [-0.2, -0.15) is 0 Å². The van der Waals surface area contributed by atoms with E-state index in [0.29, 0.717) is 11.3 Å². The molecule has 0 bridgehead atoms. The summed E-state index contributed by atoms with van der Waals surface area (Å²) in [7, 11) is -3.67. The van der Waals surface area contributed by atoms with Gasteiger partial charge in [-0.1, -0.05) is 64.6 Å². The van der Waals surface area contributed by atoms with Crippen LogP contribution in [0.3, 0.4) is 0 Å². The van der Waals surface area contributed by atoms with Crippen LogP contribution in [0.1, 0.15) is 11.1 Å². The molecule has 0 aliphatic carbocycles. The van der Waals surface area contributed by atoms with E-state index in [2.05, 4.69) is 4.72 Å². The number of anilines is 1. The van der Waals surface area contributed by atoms with Gasteiger partial charge in [0.05, 0.1) is 9.93 Å². The Labute approximate surface area is 144 Å². The summed E-state index contributed by atoms with van der Waals surface area (Å²) < 4.78 is 27.0. The van der Waals surface area contributed by atoms with Gasteiger partial charge < -0.3 is 0 Å². The van der Waals surface area contributed by atoms with Crippen molar-refractivity contribution in [2.75, 3.05) is 4.72 Å². The molecular formula is C15H12Cl3NO2S. The molecule has 0 saturated heterocycles. The van der Waals surface area contributed by atoms with Gasteiger partial charge in [0.1, 0.15) is 4.49 Å². The average molecular weight is 377 g/mol. The molecule has 0 aromatic heterocycles. The number of aryl methyl sites for hydroxylation is 1. The zero-order chi connectivity index (χ0) is 16.3. The minimum Gasteiger partial charge on any atom is -0.280 e. The topological polar surface area (TPSA) is 46.2 Å². The largest absolute Gasteiger partial charge is 0.280 e. The van der Waals surface area contributed by atoms with Crippen LogP contribution in [0.5, 0.6) is 0 Å². The Hall–Kier alpha value is -1.20. The van der Waals surface area contributed by atoms with E-state index in [1.54, 1.807) is 48.5 Å². The number of rotatable bonds is 4. The molecule has 1 N–H and O–H groups in total. The first kappa shape index (κ1) is 17.2. The summed E-state index contributed by atoms with van der Waals surface area (Å²) in [6.45, 7) is 1.89. The predicted octanol–water partition coefficient (Wildman–Crippen LogP) is 5.14. The van der Waals surface area contributed by atoms with Crippen molar-refractivity contribution in [2.24, 2.45) is 0 Å². The summed E-state index contributed by atoms with van der Waals surface area (Å²) >= 11 is 17.2. The highest BCUT2D eigenvalue weighted by Gasteiger charge is 2.14. The van der Waals surface area contributed by atoms with Crippen molar-refractivity contribution in [1.82, 2.24) is 0 Å². The first-order valence-corrected chi connectivity index (χ1v) is 8.82. The lowest BCUT2D eigenvalue weighted by Crippen LogP contribution is -2.12. The lowest BCUT2D eigenvalue weighted by atomic mass is 10.2. The number of benzene rings is 2. The van der Waals surface area contributed by atoms with Crippen molar-refractivity contribution in [2.45, 2.75) is 11.8 Å². The Balaban J connectivity index is 2.32. The van der Waals surface area contributed by atoms with Crippen LogP contribution in [0, 0.1) is 6.92 Å². The van der Waals surface area contributed by atoms with Gasteiger partial charge >= 0.3 is 0 Å². The number of hydrogen-bond acceptors (Lipinski definition) is 2. The summed E-state index contributed by atoms with van der Waals surface area (Å²) in [4.78, 5) is 0.181. The van der Waals surface area contributed by atoms with E-state index in [-0.39, 0.29) is 14.4 Å². The first-order valence-electron chi connectivity index (χ1n) is 6.20. The Morgan fingerprint density at radius 2 is 1.64 bits per heavy atom. The SMILES string of the molecule is Cc1ccc(S(=O)(=O)Nc2cccc(C(Cl)=C(Cl)Cl)c2)cc1. The third-order valence-corrected chi connectivity index (χ3v) is 5.24. The van der Waals surface area contributed by atoms with Crippen LogP contribution in [-0.2, 0) is 10.0 Å². The highest BCUT2D eigenvalue weighted by Crippen LogP contribution is 2.29. The van der Waals surface area contributed by atoms with Crippen molar-refractivity contribution in [3.8, 4) is 0 Å². The van der Waals surface area contributed by atoms with E-state index in [4.69, 9.17) is 34.8 Å². The Morgan fingerprint density at radius 3 is 2.23 bits per heavy atom. The van der Waals surface area contributed by atoms with Crippen LogP contribution in [0.2, 0.25) is 0 Å². The molecular weight excluding hydrogens is 365 g/mol. The average Bonchev–Trinajstić information content (AvgIpc) is 2.46. The molecule has 0 aliphatic heterocycles.